The first-order valence-electron chi connectivity index (χ1n) is 6.50. The van der Waals surface area contributed by atoms with Crippen LogP contribution in [0.3, 0.4) is 0 Å². The van der Waals surface area contributed by atoms with Gasteiger partial charge in [-0.25, -0.2) is 4.79 Å². The van der Waals surface area contributed by atoms with Crippen molar-refractivity contribution >= 4 is 27.6 Å². The number of methoxy groups -OCH3 is 1. The third kappa shape index (κ3) is 5.22. The summed E-state index contributed by atoms with van der Waals surface area (Å²) in [6.45, 7) is 1.97. The van der Waals surface area contributed by atoms with Crippen molar-refractivity contribution in [1.29, 1.82) is 0 Å². The maximum absolute atomic E-state index is 12.8. The second-order valence-electron chi connectivity index (χ2n) is 4.55. The highest BCUT2D eigenvalue weighted by Crippen LogP contribution is 2.36. The lowest BCUT2D eigenvalue weighted by atomic mass is 10.1. The lowest BCUT2D eigenvalue weighted by Crippen LogP contribution is -2.30. The number of carbonyl (C=O) groups is 1. The maximum Gasteiger partial charge on any atom is 0.417 e. The summed E-state index contributed by atoms with van der Waals surface area (Å²) in [6, 6.07) is 3.11. The molecule has 0 aliphatic heterocycles. The Morgan fingerprint density at radius 3 is 2.62 bits per heavy atom. The molecule has 0 aliphatic rings. The van der Waals surface area contributed by atoms with Crippen LogP contribution in [0.2, 0.25) is 0 Å². The van der Waals surface area contributed by atoms with Crippen LogP contribution in [0.1, 0.15) is 31.7 Å². The number of carbonyl (C=O) groups excluding carboxylic acids is 1. The minimum atomic E-state index is -4.46. The summed E-state index contributed by atoms with van der Waals surface area (Å²) >= 11 is 2.88. The maximum atomic E-state index is 12.8. The van der Waals surface area contributed by atoms with E-state index >= 15 is 0 Å². The molecular weight excluding hydrogens is 351 g/mol. The molecule has 1 aromatic carbocycles. The molecule has 0 bridgehead atoms. The second kappa shape index (κ2) is 7.68. The molecule has 0 heterocycles. The number of anilines is 1. The van der Waals surface area contributed by atoms with Crippen LogP contribution in [0.5, 0.6) is 0 Å². The summed E-state index contributed by atoms with van der Waals surface area (Å²) in [4.78, 5) is 11.7. The monoisotopic (exact) mass is 367 g/mol. The Morgan fingerprint density at radius 1 is 1.43 bits per heavy atom. The summed E-state index contributed by atoms with van der Waals surface area (Å²) in [5.74, 6) is -0.486. The molecule has 0 saturated carbocycles. The fourth-order valence-electron chi connectivity index (χ4n) is 1.83. The van der Waals surface area contributed by atoms with E-state index in [1.807, 2.05) is 6.92 Å². The van der Waals surface area contributed by atoms with Crippen LogP contribution in [-0.2, 0) is 15.7 Å². The fourth-order valence-corrected chi connectivity index (χ4v) is 2.30. The van der Waals surface area contributed by atoms with Gasteiger partial charge in [0.15, 0.2) is 0 Å². The van der Waals surface area contributed by atoms with Gasteiger partial charge in [-0.15, -0.1) is 0 Å². The van der Waals surface area contributed by atoms with E-state index in [9.17, 15) is 18.0 Å². The quantitative estimate of drug-likeness (QED) is 0.746. The highest BCUT2D eigenvalue weighted by Gasteiger charge is 2.33. The number of nitrogens with one attached hydrogen (secondary N) is 1. The van der Waals surface area contributed by atoms with E-state index in [-0.39, 0.29) is 10.2 Å². The molecule has 1 N–H and O–H groups in total. The van der Waals surface area contributed by atoms with Crippen molar-refractivity contribution in [3.8, 4) is 0 Å². The molecule has 3 nitrogen and oxygen atoms in total. The van der Waals surface area contributed by atoms with E-state index in [1.165, 1.54) is 19.2 Å². The summed E-state index contributed by atoms with van der Waals surface area (Å²) in [6.07, 6.45) is -2.31. The molecule has 0 aliphatic carbocycles. The standard InChI is InChI=1S/C14H17BrF3NO2/c1-3-4-5-12(13(20)21-2)19-9-6-7-11(15)10(8-9)14(16,17)18/h6-8,12,19H,3-5H2,1-2H3. The zero-order valence-corrected chi connectivity index (χ0v) is 13.3. The number of ether oxygens (including phenoxy) is 1. The van der Waals surface area contributed by atoms with Crippen LogP contribution in [-0.4, -0.2) is 19.1 Å². The third-order valence-corrected chi connectivity index (χ3v) is 3.64. The van der Waals surface area contributed by atoms with Gasteiger partial charge in [0.1, 0.15) is 6.04 Å². The van der Waals surface area contributed by atoms with Gasteiger partial charge in [0, 0.05) is 10.2 Å². The molecule has 1 aromatic rings. The van der Waals surface area contributed by atoms with Gasteiger partial charge >= 0.3 is 12.1 Å². The molecule has 1 unspecified atom stereocenters. The van der Waals surface area contributed by atoms with Crippen LogP contribution in [0, 0.1) is 0 Å². The lowest BCUT2D eigenvalue weighted by molar-refractivity contribution is -0.141. The minimum Gasteiger partial charge on any atom is -0.467 e. The van der Waals surface area contributed by atoms with E-state index in [0.717, 1.165) is 18.9 Å². The van der Waals surface area contributed by atoms with Gasteiger partial charge in [0.2, 0.25) is 0 Å². The van der Waals surface area contributed by atoms with Crippen molar-refractivity contribution in [3.05, 3.63) is 28.2 Å². The Labute approximate surface area is 130 Å². The molecule has 0 spiro atoms. The van der Waals surface area contributed by atoms with Crippen LogP contribution < -0.4 is 5.32 Å². The van der Waals surface area contributed by atoms with Gasteiger partial charge in [-0.3, -0.25) is 0 Å². The molecule has 7 heteroatoms. The zero-order valence-electron chi connectivity index (χ0n) is 11.8. The zero-order chi connectivity index (χ0) is 16.0. The van der Waals surface area contributed by atoms with E-state index < -0.39 is 23.8 Å². The summed E-state index contributed by atoms with van der Waals surface area (Å²) < 4.78 is 43.2. The average Bonchev–Trinajstić information content (AvgIpc) is 2.43. The van der Waals surface area contributed by atoms with Gasteiger partial charge in [-0.05, 0) is 24.6 Å². The van der Waals surface area contributed by atoms with E-state index in [4.69, 9.17) is 0 Å². The van der Waals surface area contributed by atoms with Gasteiger partial charge in [0.25, 0.3) is 0 Å². The Kier molecular flexibility index (Phi) is 6.51. The normalized spacial score (nSPS) is 12.9. The number of hydrogen-bond acceptors (Lipinski definition) is 3. The summed E-state index contributed by atoms with van der Waals surface area (Å²) in [5, 5.41) is 2.81. The Morgan fingerprint density at radius 2 is 2.10 bits per heavy atom. The number of benzene rings is 1. The third-order valence-electron chi connectivity index (χ3n) is 2.94. The van der Waals surface area contributed by atoms with Gasteiger partial charge < -0.3 is 10.1 Å². The minimum absolute atomic E-state index is 0.0382. The highest BCUT2D eigenvalue weighted by molar-refractivity contribution is 9.10. The molecule has 21 heavy (non-hydrogen) atoms. The molecule has 118 valence electrons. The van der Waals surface area contributed by atoms with Crippen molar-refractivity contribution in [2.45, 2.75) is 38.4 Å². The van der Waals surface area contributed by atoms with E-state index in [2.05, 4.69) is 26.0 Å². The lowest BCUT2D eigenvalue weighted by Gasteiger charge is -2.19. The molecule has 0 amide bonds. The van der Waals surface area contributed by atoms with Gasteiger partial charge in [-0.1, -0.05) is 35.7 Å². The molecule has 1 atom stereocenters. The van der Waals surface area contributed by atoms with Crippen molar-refractivity contribution < 1.29 is 22.7 Å². The highest BCUT2D eigenvalue weighted by atomic mass is 79.9. The Balaban J connectivity index is 2.96. The van der Waals surface area contributed by atoms with Crippen LogP contribution in [0.15, 0.2) is 22.7 Å². The number of hydrogen-bond donors (Lipinski definition) is 1. The first-order valence-corrected chi connectivity index (χ1v) is 7.30. The molecule has 1 rings (SSSR count). The van der Waals surface area contributed by atoms with E-state index in [0.29, 0.717) is 6.42 Å². The van der Waals surface area contributed by atoms with Gasteiger partial charge in [-0.2, -0.15) is 13.2 Å². The number of rotatable bonds is 6. The van der Waals surface area contributed by atoms with Crippen LogP contribution in [0.25, 0.3) is 0 Å². The SMILES string of the molecule is CCCCC(Nc1ccc(Br)c(C(F)(F)F)c1)C(=O)OC. The molecule has 0 fully saturated rings. The number of alkyl halides is 3. The summed E-state index contributed by atoms with van der Waals surface area (Å²) in [7, 11) is 1.26. The number of esters is 1. The smallest absolute Gasteiger partial charge is 0.417 e. The first kappa shape index (κ1) is 17.8. The van der Waals surface area contributed by atoms with Crippen molar-refractivity contribution in [3.63, 3.8) is 0 Å². The molecule has 0 aromatic heterocycles. The molecule has 0 saturated heterocycles. The largest absolute Gasteiger partial charge is 0.467 e. The van der Waals surface area contributed by atoms with Crippen molar-refractivity contribution in [2.75, 3.05) is 12.4 Å². The van der Waals surface area contributed by atoms with Gasteiger partial charge in [0.05, 0.1) is 12.7 Å². The number of halogens is 4. The van der Waals surface area contributed by atoms with Crippen molar-refractivity contribution in [2.24, 2.45) is 0 Å². The first-order chi connectivity index (χ1) is 9.79. The average molecular weight is 368 g/mol. The molecule has 0 radical (unpaired) electrons. The van der Waals surface area contributed by atoms with E-state index in [1.54, 1.807) is 0 Å². The predicted octanol–water partition coefficient (Wildman–Crippen LogP) is 4.61. The summed E-state index contributed by atoms with van der Waals surface area (Å²) in [5.41, 5.74) is -0.552. The predicted molar refractivity (Wildman–Crippen MR) is 78.1 cm³/mol. The Bertz CT molecular complexity index is 492. The van der Waals surface area contributed by atoms with Crippen LogP contribution in [0.4, 0.5) is 18.9 Å². The number of unbranched alkanes of at least 4 members (excludes halogenated alkanes) is 1. The van der Waals surface area contributed by atoms with Crippen molar-refractivity contribution in [1.82, 2.24) is 0 Å². The van der Waals surface area contributed by atoms with Crippen LogP contribution >= 0.6 is 15.9 Å². The second-order valence-corrected chi connectivity index (χ2v) is 5.41. The molecular formula is C14H17BrF3NO2. The topological polar surface area (TPSA) is 38.3 Å². The Hall–Kier alpha value is -1.24. The fraction of sp³-hybridized carbons (Fsp3) is 0.500.